The largest absolute Gasteiger partial charge is 0.497 e. The monoisotopic (exact) mass is 659 g/mol. The SMILES string of the molecule is CCCNC(=O)C(CC)N(Cc1cccc(OC)c1)C(=O)CN(c1ccc(OCC)cc1)S(=O)(=O)c1ccc(Br)cc1. The van der Waals surface area contributed by atoms with Crippen LogP contribution in [0.3, 0.4) is 0 Å². The van der Waals surface area contributed by atoms with Gasteiger partial charge in [0.15, 0.2) is 0 Å². The van der Waals surface area contributed by atoms with Gasteiger partial charge >= 0.3 is 0 Å². The summed E-state index contributed by atoms with van der Waals surface area (Å²) in [6, 6.07) is 19.2. The van der Waals surface area contributed by atoms with Crippen molar-refractivity contribution < 1.29 is 27.5 Å². The first-order chi connectivity index (χ1) is 20.1. The number of methoxy groups -OCH3 is 1. The normalized spacial score (nSPS) is 11.8. The first-order valence-corrected chi connectivity index (χ1v) is 16.1. The van der Waals surface area contributed by atoms with Gasteiger partial charge in [-0.05, 0) is 86.0 Å². The Morgan fingerprint density at radius 2 is 1.64 bits per heavy atom. The third-order valence-electron chi connectivity index (χ3n) is 6.54. The van der Waals surface area contributed by atoms with Crippen molar-refractivity contribution in [3.8, 4) is 11.5 Å². The number of nitrogens with zero attached hydrogens (tertiary/aromatic N) is 2. The van der Waals surface area contributed by atoms with Crippen LogP contribution in [0.1, 0.15) is 39.2 Å². The van der Waals surface area contributed by atoms with Gasteiger partial charge in [0.25, 0.3) is 10.0 Å². The zero-order chi connectivity index (χ0) is 30.7. The van der Waals surface area contributed by atoms with Crippen molar-refractivity contribution in [3.63, 3.8) is 0 Å². The zero-order valence-electron chi connectivity index (χ0n) is 24.4. The van der Waals surface area contributed by atoms with Gasteiger partial charge in [-0.15, -0.1) is 0 Å². The second-order valence-corrected chi connectivity index (χ2v) is 12.3. The molecule has 11 heteroatoms. The third-order valence-corrected chi connectivity index (χ3v) is 8.86. The molecular formula is C31H38BrN3O6S. The number of anilines is 1. The molecule has 9 nitrogen and oxygen atoms in total. The number of hydrogen-bond donors (Lipinski definition) is 1. The molecule has 2 amide bonds. The maximum atomic E-state index is 14.1. The highest BCUT2D eigenvalue weighted by Crippen LogP contribution is 2.28. The molecule has 0 aliphatic heterocycles. The highest BCUT2D eigenvalue weighted by atomic mass is 79.9. The summed E-state index contributed by atoms with van der Waals surface area (Å²) in [4.78, 5) is 28.8. The molecule has 3 aromatic carbocycles. The van der Waals surface area contributed by atoms with Crippen LogP contribution in [0, 0.1) is 0 Å². The molecule has 0 aliphatic carbocycles. The fourth-order valence-electron chi connectivity index (χ4n) is 4.39. The summed E-state index contributed by atoms with van der Waals surface area (Å²) in [6.45, 7) is 6.11. The topological polar surface area (TPSA) is 105 Å². The molecule has 0 radical (unpaired) electrons. The Morgan fingerprint density at radius 1 is 0.952 bits per heavy atom. The van der Waals surface area contributed by atoms with E-state index in [4.69, 9.17) is 9.47 Å². The Labute approximate surface area is 257 Å². The molecule has 0 fully saturated rings. The number of carbonyl (C=O) groups is 2. The molecule has 3 rings (SSSR count). The molecular weight excluding hydrogens is 622 g/mol. The highest BCUT2D eigenvalue weighted by molar-refractivity contribution is 9.10. The Morgan fingerprint density at radius 3 is 2.24 bits per heavy atom. The van der Waals surface area contributed by atoms with Crippen LogP contribution in [0.2, 0.25) is 0 Å². The Bertz CT molecular complexity index is 1430. The number of nitrogens with one attached hydrogen (secondary N) is 1. The van der Waals surface area contributed by atoms with Gasteiger partial charge in [0.05, 0.1) is 24.3 Å². The van der Waals surface area contributed by atoms with Crippen LogP contribution in [0.15, 0.2) is 82.2 Å². The second kappa shape index (κ2) is 15.6. The van der Waals surface area contributed by atoms with E-state index >= 15 is 0 Å². The van der Waals surface area contributed by atoms with Crippen molar-refractivity contribution in [2.24, 2.45) is 0 Å². The fourth-order valence-corrected chi connectivity index (χ4v) is 6.07. The summed E-state index contributed by atoms with van der Waals surface area (Å²) in [5.74, 6) is 0.369. The van der Waals surface area contributed by atoms with Crippen LogP contribution in [-0.2, 0) is 26.2 Å². The van der Waals surface area contributed by atoms with Crippen molar-refractivity contribution >= 4 is 43.5 Å². The number of amides is 2. The summed E-state index contributed by atoms with van der Waals surface area (Å²) in [5, 5.41) is 2.88. The Balaban J connectivity index is 2.06. The van der Waals surface area contributed by atoms with Gasteiger partial charge in [-0.25, -0.2) is 8.42 Å². The van der Waals surface area contributed by atoms with Crippen molar-refractivity contribution in [2.45, 2.75) is 51.1 Å². The number of ether oxygens (including phenoxy) is 2. The van der Waals surface area contributed by atoms with Crippen LogP contribution >= 0.6 is 15.9 Å². The first-order valence-electron chi connectivity index (χ1n) is 13.9. The highest BCUT2D eigenvalue weighted by Gasteiger charge is 2.33. The summed E-state index contributed by atoms with van der Waals surface area (Å²) < 4.78 is 40.6. The summed E-state index contributed by atoms with van der Waals surface area (Å²) in [6.07, 6.45) is 1.08. The Hall–Kier alpha value is -3.57. The molecule has 226 valence electrons. The van der Waals surface area contributed by atoms with Crippen LogP contribution in [0.5, 0.6) is 11.5 Å². The summed E-state index contributed by atoms with van der Waals surface area (Å²) in [7, 11) is -2.62. The number of carbonyl (C=O) groups excluding carboxylic acids is 2. The average molecular weight is 661 g/mol. The molecule has 0 saturated carbocycles. The molecule has 1 unspecified atom stereocenters. The number of sulfonamides is 1. The van der Waals surface area contributed by atoms with Crippen molar-refractivity contribution in [2.75, 3.05) is 31.1 Å². The maximum Gasteiger partial charge on any atom is 0.264 e. The molecule has 0 aromatic heterocycles. The van der Waals surface area contributed by atoms with E-state index in [2.05, 4.69) is 21.2 Å². The van der Waals surface area contributed by atoms with Gasteiger partial charge in [-0.2, -0.15) is 0 Å². The predicted molar refractivity (Wildman–Crippen MR) is 167 cm³/mol. The van der Waals surface area contributed by atoms with E-state index in [1.165, 1.54) is 17.0 Å². The van der Waals surface area contributed by atoms with E-state index in [0.29, 0.717) is 36.8 Å². The van der Waals surface area contributed by atoms with Gasteiger partial charge in [-0.3, -0.25) is 13.9 Å². The minimum Gasteiger partial charge on any atom is -0.497 e. The molecule has 42 heavy (non-hydrogen) atoms. The lowest BCUT2D eigenvalue weighted by Gasteiger charge is -2.33. The van der Waals surface area contributed by atoms with E-state index in [0.717, 1.165) is 20.8 Å². The fraction of sp³-hybridized carbons (Fsp3) is 0.355. The lowest BCUT2D eigenvalue weighted by Crippen LogP contribution is -2.52. The molecule has 1 N–H and O–H groups in total. The van der Waals surface area contributed by atoms with Gasteiger partial charge in [0.2, 0.25) is 11.8 Å². The molecule has 0 spiro atoms. The lowest BCUT2D eigenvalue weighted by atomic mass is 10.1. The minimum absolute atomic E-state index is 0.0273. The third kappa shape index (κ3) is 8.48. The minimum atomic E-state index is -4.17. The number of rotatable bonds is 15. The van der Waals surface area contributed by atoms with Gasteiger partial charge < -0.3 is 19.7 Å². The van der Waals surface area contributed by atoms with E-state index in [9.17, 15) is 18.0 Å². The van der Waals surface area contributed by atoms with Gasteiger partial charge in [-0.1, -0.05) is 41.9 Å². The molecule has 0 saturated heterocycles. The van der Waals surface area contributed by atoms with Crippen LogP contribution in [-0.4, -0.2) is 58.0 Å². The van der Waals surface area contributed by atoms with Crippen LogP contribution < -0.4 is 19.1 Å². The Kier molecular flexibility index (Phi) is 12.2. The smallest absolute Gasteiger partial charge is 0.264 e. The van der Waals surface area contributed by atoms with Crippen molar-refractivity contribution in [1.29, 1.82) is 0 Å². The van der Waals surface area contributed by atoms with Gasteiger partial charge in [0.1, 0.15) is 24.1 Å². The van der Waals surface area contributed by atoms with E-state index in [-0.39, 0.29) is 17.3 Å². The lowest BCUT2D eigenvalue weighted by molar-refractivity contribution is -0.140. The van der Waals surface area contributed by atoms with E-state index in [1.807, 2.05) is 26.8 Å². The molecule has 0 bridgehead atoms. The molecule has 1 atom stereocenters. The number of halogens is 1. The first kappa shape index (κ1) is 32.9. The van der Waals surface area contributed by atoms with Gasteiger partial charge in [0, 0.05) is 17.6 Å². The molecule has 0 aliphatic rings. The second-order valence-electron chi connectivity index (χ2n) is 9.48. The van der Waals surface area contributed by atoms with Crippen molar-refractivity contribution in [1.82, 2.24) is 10.2 Å². The van der Waals surface area contributed by atoms with Crippen molar-refractivity contribution in [3.05, 3.63) is 82.8 Å². The average Bonchev–Trinajstić information content (AvgIpc) is 2.99. The van der Waals surface area contributed by atoms with E-state index in [1.54, 1.807) is 61.7 Å². The van der Waals surface area contributed by atoms with Crippen LogP contribution in [0.25, 0.3) is 0 Å². The quantitative estimate of drug-likeness (QED) is 0.235. The molecule has 3 aromatic rings. The summed E-state index contributed by atoms with van der Waals surface area (Å²) >= 11 is 3.34. The standard InChI is InChI=1S/C31H38BrN3O6S/c1-5-19-33-31(37)29(6-2)34(21-23-9-8-10-27(20-23)40-4)30(36)22-35(25-13-15-26(16-14-25)41-7-3)42(38,39)28-17-11-24(32)12-18-28/h8-18,20,29H,5-7,19,21-22H2,1-4H3,(H,33,37). The van der Waals surface area contributed by atoms with Crippen LogP contribution in [0.4, 0.5) is 5.69 Å². The predicted octanol–water partition coefficient (Wildman–Crippen LogP) is 5.39. The molecule has 0 heterocycles. The number of hydrogen-bond acceptors (Lipinski definition) is 6. The maximum absolute atomic E-state index is 14.1. The summed E-state index contributed by atoms with van der Waals surface area (Å²) in [5.41, 5.74) is 1.03. The van der Waals surface area contributed by atoms with E-state index < -0.39 is 28.5 Å². The zero-order valence-corrected chi connectivity index (χ0v) is 26.8. The number of benzene rings is 3.